The van der Waals surface area contributed by atoms with Crippen LogP contribution in [0, 0.1) is 6.92 Å². The van der Waals surface area contributed by atoms with Crippen LogP contribution in [0.1, 0.15) is 16.7 Å². The third-order valence-electron chi connectivity index (χ3n) is 4.33. The first-order chi connectivity index (χ1) is 13.6. The Bertz CT molecular complexity index is 1270. The van der Waals surface area contributed by atoms with Crippen molar-refractivity contribution < 1.29 is 21.6 Å². The van der Waals surface area contributed by atoms with E-state index in [0.717, 1.165) is 17.7 Å². The van der Waals surface area contributed by atoms with E-state index in [9.17, 15) is 16.8 Å². The molecular weight excluding hydrogens is 412 g/mol. The Hall–Kier alpha value is -2.72. The van der Waals surface area contributed by atoms with Crippen molar-refractivity contribution >= 4 is 20.0 Å². The van der Waals surface area contributed by atoms with E-state index in [2.05, 4.69) is 0 Å². The summed E-state index contributed by atoms with van der Waals surface area (Å²) in [6.07, 6.45) is 0.0805. The quantitative estimate of drug-likeness (QED) is 0.618. The monoisotopic (exact) mass is 432 g/mol. The number of benzene rings is 3. The molecule has 0 saturated heterocycles. The van der Waals surface area contributed by atoms with Gasteiger partial charge in [-0.3, -0.25) is 0 Å². The van der Waals surface area contributed by atoms with Crippen molar-refractivity contribution in [1.82, 2.24) is 0 Å². The van der Waals surface area contributed by atoms with Crippen LogP contribution in [0.2, 0.25) is 0 Å². The normalized spacial score (nSPS) is 12.0. The number of rotatable bonds is 6. The number of hydrogen-bond acceptors (Lipinski definition) is 5. The van der Waals surface area contributed by atoms with E-state index in [1.807, 2.05) is 31.2 Å². The summed E-state index contributed by atoms with van der Waals surface area (Å²) in [5, 5.41) is 10.5. The van der Waals surface area contributed by atoms with Crippen LogP contribution in [0.25, 0.3) is 0 Å². The van der Waals surface area contributed by atoms with Crippen LogP contribution in [-0.4, -0.2) is 16.8 Å². The average molecular weight is 433 g/mol. The van der Waals surface area contributed by atoms with Crippen LogP contribution >= 0.6 is 0 Å². The molecule has 0 amide bonds. The van der Waals surface area contributed by atoms with Crippen LogP contribution in [0.4, 0.5) is 0 Å². The topological polar surface area (TPSA) is 130 Å². The molecule has 0 aliphatic heterocycles. The van der Waals surface area contributed by atoms with Crippen LogP contribution in [0.5, 0.6) is 11.5 Å². The molecule has 0 atom stereocenters. The maximum atomic E-state index is 12.0. The Morgan fingerprint density at radius 3 is 2.00 bits per heavy atom. The van der Waals surface area contributed by atoms with Crippen molar-refractivity contribution in [2.45, 2.75) is 23.1 Å². The summed E-state index contributed by atoms with van der Waals surface area (Å²) in [6, 6.07) is 18.1. The summed E-state index contributed by atoms with van der Waals surface area (Å²) >= 11 is 0. The highest BCUT2D eigenvalue weighted by Crippen LogP contribution is 2.31. The second-order valence-corrected chi connectivity index (χ2v) is 9.60. The Morgan fingerprint density at radius 1 is 0.759 bits per heavy atom. The van der Waals surface area contributed by atoms with E-state index in [-0.39, 0.29) is 21.8 Å². The molecule has 3 rings (SSSR count). The maximum Gasteiger partial charge on any atom is 0.238 e. The molecule has 0 bridgehead atoms. The van der Waals surface area contributed by atoms with Gasteiger partial charge in [0, 0.05) is 6.42 Å². The van der Waals surface area contributed by atoms with Gasteiger partial charge >= 0.3 is 0 Å². The van der Waals surface area contributed by atoms with Crippen LogP contribution in [-0.2, 0) is 26.5 Å². The molecule has 4 N–H and O–H groups in total. The standard InChI is InChI=1S/C20H20N2O5S2/c1-14-6-2-4-8-18(14)27-19-9-5-3-7-15(19)12-16-13-17(28(21,23)24)10-11-20(16)29(22,25)26/h2-11,13H,12H2,1H3,(H2,21,23,24)(H2,22,25,26). The lowest BCUT2D eigenvalue weighted by Gasteiger charge is -2.15. The molecule has 29 heavy (non-hydrogen) atoms. The summed E-state index contributed by atoms with van der Waals surface area (Å²) in [7, 11) is -8.08. The molecule has 152 valence electrons. The fraction of sp³-hybridized carbons (Fsp3) is 0.100. The molecule has 0 aliphatic rings. The van der Waals surface area contributed by atoms with Crippen LogP contribution in [0.3, 0.4) is 0 Å². The minimum Gasteiger partial charge on any atom is -0.457 e. The largest absolute Gasteiger partial charge is 0.457 e. The van der Waals surface area contributed by atoms with Gasteiger partial charge in [-0.15, -0.1) is 0 Å². The predicted molar refractivity (Wildman–Crippen MR) is 110 cm³/mol. The summed E-state index contributed by atoms with van der Waals surface area (Å²) in [5.74, 6) is 1.17. The first-order valence-corrected chi connectivity index (χ1v) is 11.6. The van der Waals surface area contributed by atoms with Crippen molar-refractivity contribution in [2.75, 3.05) is 0 Å². The molecule has 0 spiro atoms. The summed E-state index contributed by atoms with van der Waals surface area (Å²) < 4.78 is 53.4. The Kier molecular flexibility index (Phi) is 5.76. The van der Waals surface area contributed by atoms with Crippen LogP contribution in [0.15, 0.2) is 76.5 Å². The van der Waals surface area contributed by atoms with E-state index >= 15 is 0 Å². The van der Waals surface area contributed by atoms with Gasteiger partial charge in [-0.05, 0) is 53.9 Å². The molecule has 0 unspecified atom stereocenters. The zero-order valence-corrected chi connectivity index (χ0v) is 17.2. The number of primary sulfonamides is 2. The van der Waals surface area contributed by atoms with Crippen molar-refractivity contribution in [1.29, 1.82) is 0 Å². The van der Waals surface area contributed by atoms with Crippen molar-refractivity contribution in [2.24, 2.45) is 10.3 Å². The van der Waals surface area contributed by atoms with Crippen LogP contribution < -0.4 is 15.0 Å². The van der Waals surface area contributed by atoms with Gasteiger partial charge in [0.15, 0.2) is 0 Å². The highest BCUT2D eigenvalue weighted by Gasteiger charge is 2.19. The lowest BCUT2D eigenvalue weighted by Crippen LogP contribution is -2.17. The molecule has 9 heteroatoms. The van der Waals surface area contributed by atoms with E-state index in [4.69, 9.17) is 15.0 Å². The fourth-order valence-electron chi connectivity index (χ4n) is 2.89. The van der Waals surface area contributed by atoms with Gasteiger partial charge in [-0.25, -0.2) is 27.1 Å². The van der Waals surface area contributed by atoms with Gasteiger partial charge in [0.2, 0.25) is 20.0 Å². The number of hydrogen-bond donors (Lipinski definition) is 2. The predicted octanol–water partition coefficient (Wildman–Crippen LogP) is 2.67. The van der Waals surface area contributed by atoms with E-state index in [1.165, 1.54) is 6.07 Å². The third kappa shape index (κ3) is 5.01. The third-order valence-corrected chi connectivity index (χ3v) is 6.26. The van der Waals surface area contributed by atoms with Crippen molar-refractivity contribution in [3.05, 3.63) is 83.4 Å². The first-order valence-electron chi connectivity index (χ1n) is 8.55. The molecule has 0 aromatic heterocycles. The highest BCUT2D eigenvalue weighted by atomic mass is 32.2. The highest BCUT2D eigenvalue weighted by molar-refractivity contribution is 7.89. The van der Waals surface area contributed by atoms with Gasteiger partial charge in [-0.2, -0.15) is 0 Å². The van der Waals surface area contributed by atoms with Crippen molar-refractivity contribution in [3.63, 3.8) is 0 Å². The SMILES string of the molecule is Cc1ccccc1Oc1ccccc1Cc1cc(S(N)(=O)=O)ccc1S(N)(=O)=O. The second-order valence-electron chi connectivity index (χ2n) is 6.51. The fourth-order valence-corrected chi connectivity index (χ4v) is 4.21. The Balaban J connectivity index is 2.08. The number of ether oxygens (including phenoxy) is 1. The van der Waals surface area contributed by atoms with Gasteiger partial charge in [0.25, 0.3) is 0 Å². The molecule has 0 fully saturated rings. The molecule has 7 nitrogen and oxygen atoms in total. The number of sulfonamides is 2. The smallest absolute Gasteiger partial charge is 0.238 e. The summed E-state index contributed by atoms with van der Waals surface area (Å²) in [6.45, 7) is 1.91. The lowest BCUT2D eigenvalue weighted by molar-refractivity contribution is 0.473. The van der Waals surface area contributed by atoms with E-state index in [0.29, 0.717) is 17.1 Å². The molecule has 3 aromatic rings. The van der Waals surface area contributed by atoms with Gasteiger partial charge in [0.05, 0.1) is 9.79 Å². The van der Waals surface area contributed by atoms with E-state index < -0.39 is 20.0 Å². The molecule has 3 aromatic carbocycles. The number of para-hydroxylation sites is 2. The van der Waals surface area contributed by atoms with E-state index in [1.54, 1.807) is 24.3 Å². The average Bonchev–Trinajstić information content (AvgIpc) is 2.63. The zero-order chi connectivity index (χ0) is 21.2. The Labute approximate surface area is 170 Å². The van der Waals surface area contributed by atoms with Crippen molar-refractivity contribution in [3.8, 4) is 11.5 Å². The lowest BCUT2D eigenvalue weighted by atomic mass is 10.0. The number of nitrogens with two attached hydrogens (primary N) is 2. The van der Waals surface area contributed by atoms with Gasteiger partial charge in [0.1, 0.15) is 11.5 Å². The Morgan fingerprint density at radius 2 is 1.38 bits per heavy atom. The minimum absolute atomic E-state index is 0.0805. The molecule has 0 saturated carbocycles. The molecule has 0 radical (unpaired) electrons. The molecule has 0 heterocycles. The summed E-state index contributed by atoms with van der Waals surface area (Å²) in [5.41, 5.74) is 1.80. The number of aryl methyl sites for hydroxylation is 1. The van der Waals surface area contributed by atoms with Gasteiger partial charge < -0.3 is 4.74 Å². The van der Waals surface area contributed by atoms with Gasteiger partial charge in [-0.1, -0.05) is 36.4 Å². The molecule has 0 aliphatic carbocycles. The molecular formula is C20H20N2O5S2. The second kappa shape index (κ2) is 7.96. The minimum atomic E-state index is -4.07. The summed E-state index contributed by atoms with van der Waals surface area (Å²) in [4.78, 5) is -0.368. The maximum absolute atomic E-state index is 12.0. The first kappa shape index (κ1) is 21.0. The zero-order valence-electron chi connectivity index (χ0n) is 15.6.